The number of fused-ring (bicyclic) bond motifs is 2. The molecule has 2 bridgehead atoms. The molecule has 3 unspecified atom stereocenters. The summed E-state index contributed by atoms with van der Waals surface area (Å²) < 4.78 is 13.8. The van der Waals surface area contributed by atoms with Gasteiger partial charge in [-0.3, -0.25) is 4.90 Å². The number of rotatable bonds is 3. The van der Waals surface area contributed by atoms with Crippen LogP contribution in [0, 0.1) is 17.7 Å². The van der Waals surface area contributed by atoms with Gasteiger partial charge in [-0.05, 0) is 43.6 Å². The second-order valence-electron chi connectivity index (χ2n) is 6.55. The summed E-state index contributed by atoms with van der Waals surface area (Å²) in [5.41, 5.74) is 0.865. The van der Waals surface area contributed by atoms with Gasteiger partial charge in [0, 0.05) is 24.2 Å². The standard InChI is InChI=1S/C17H24FN/c1-12(2)15-9-7-14-8-10-17(15)19(14)11-13-5-3-4-6-16(13)18/h3-6,12,14-15,17H,7-11H2,1-2H3. The van der Waals surface area contributed by atoms with Crippen molar-refractivity contribution in [1.82, 2.24) is 4.90 Å². The van der Waals surface area contributed by atoms with Gasteiger partial charge in [-0.2, -0.15) is 0 Å². The van der Waals surface area contributed by atoms with Crippen molar-refractivity contribution in [1.29, 1.82) is 0 Å². The van der Waals surface area contributed by atoms with Crippen LogP contribution in [-0.2, 0) is 6.54 Å². The van der Waals surface area contributed by atoms with Gasteiger partial charge in [0.1, 0.15) is 5.82 Å². The van der Waals surface area contributed by atoms with E-state index < -0.39 is 0 Å². The molecule has 104 valence electrons. The van der Waals surface area contributed by atoms with Crippen molar-refractivity contribution in [2.24, 2.45) is 11.8 Å². The fourth-order valence-corrected chi connectivity index (χ4v) is 4.16. The molecule has 2 heteroatoms. The summed E-state index contributed by atoms with van der Waals surface area (Å²) in [7, 11) is 0. The summed E-state index contributed by atoms with van der Waals surface area (Å²) >= 11 is 0. The summed E-state index contributed by atoms with van der Waals surface area (Å²) in [4.78, 5) is 2.59. The second kappa shape index (κ2) is 5.24. The van der Waals surface area contributed by atoms with Crippen molar-refractivity contribution in [2.75, 3.05) is 0 Å². The normalized spacial score (nSPS) is 31.1. The Bertz CT molecular complexity index is 443. The third-order valence-electron chi connectivity index (χ3n) is 5.19. The minimum absolute atomic E-state index is 0.0476. The van der Waals surface area contributed by atoms with E-state index in [1.807, 2.05) is 12.1 Å². The Kier molecular flexibility index (Phi) is 3.62. The second-order valence-corrected chi connectivity index (χ2v) is 6.55. The molecule has 1 aromatic rings. The quantitative estimate of drug-likeness (QED) is 0.787. The summed E-state index contributed by atoms with van der Waals surface area (Å²) in [5, 5.41) is 0. The van der Waals surface area contributed by atoms with Crippen LogP contribution < -0.4 is 0 Å². The van der Waals surface area contributed by atoms with E-state index in [2.05, 4.69) is 18.7 Å². The van der Waals surface area contributed by atoms with Crippen molar-refractivity contribution in [2.45, 2.75) is 58.2 Å². The lowest BCUT2D eigenvalue weighted by Crippen LogP contribution is -2.45. The molecule has 0 saturated carbocycles. The smallest absolute Gasteiger partial charge is 0.127 e. The number of benzene rings is 1. The lowest BCUT2D eigenvalue weighted by molar-refractivity contribution is 0.0609. The summed E-state index contributed by atoms with van der Waals surface area (Å²) in [6.45, 7) is 5.47. The van der Waals surface area contributed by atoms with Crippen LogP contribution >= 0.6 is 0 Å². The molecular weight excluding hydrogens is 237 g/mol. The molecule has 1 aromatic carbocycles. The molecule has 19 heavy (non-hydrogen) atoms. The van der Waals surface area contributed by atoms with Crippen LogP contribution in [0.25, 0.3) is 0 Å². The van der Waals surface area contributed by atoms with Gasteiger partial charge < -0.3 is 0 Å². The molecule has 0 aliphatic carbocycles. The maximum absolute atomic E-state index is 13.8. The van der Waals surface area contributed by atoms with Crippen LogP contribution in [0.2, 0.25) is 0 Å². The molecule has 3 atom stereocenters. The van der Waals surface area contributed by atoms with E-state index in [-0.39, 0.29) is 5.82 Å². The number of hydrogen-bond donors (Lipinski definition) is 0. The molecule has 0 N–H and O–H groups in total. The van der Waals surface area contributed by atoms with Crippen molar-refractivity contribution < 1.29 is 4.39 Å². The van der Waals surface area contributed by atoms with Crippen LogP contribution in [0.4, 0.5) is 4.39 Å². The molecular formula is C17H24FN. The molecule has 0 amide bonds. The zero-order valence-electron chi connectivity index (χ0n) is 12.0. The molecule has 2 aliphatic rings. The third kappa shape index (κ3) is 2.43. The molecule has 2 saturated heterocycles. The minimum atomic E-state index is -0.0476. The maximum Gasteiger partial charge on any atom is 0.127 e. The van der Waals surface area contributed by atoms with Crippen molar-refractivity contribution in [3.8, 4) is 0 Å². The lowest BCUT2D eigenvalue weighted by Gasteiger charge is -2.42. The van der Waals surface area contributed by atoms with Crippen LogP contribution in [-0.4, -0.2) is 17.0 Å². The van der Waals surface area contributed by atoms with Gasteiger partial charge >= 0.3 is 0 Å². The SMILES string of the molecule is CC(C)C1CCC2CCC1N2Cc1ccccc1F. The van der Waals surface area contributed by atoms with Crippen molar-refractivity contribution >= 4 is 0 Å². The van der Waals surface area contributed by atoms with E-state index in [0.29, 0.717) is 12.1 Å². The van der Waals surface area contributed by atoms with E-state index in [4.69, 9.17) is 0 Å². The van der Waals surface area contributed by atoms with Crippen LogP contribution in [0.3, 0.4) is 0 Å². The molecule has 1 nitrogen and oxygen atoms in total. The topological polar surface area (TPSA) is 3.24 Å². The van der Waals surface area contributed by atoms with E-state index in [1.165, 1.54) is 25.7 Å². The zero-order chi connectivity index (χ0) is 13.4. The summed E-state index contributed by atoms with van der Waals surface area (Å²) in [6.07, 6.45) is 5.28. The Morgan fingerprint density at radius 3 is 2.63 bits per heavy atom. The van der Waals surface area contributed by atoms with Gasteiger partial charge in [0.05, 0.1) is 0 Å². The Balaban J connectivity index is 1.79. The molecule has 0 spiro atoms. The third-order valence-corrected chi connectivity index (χ3v) is 5.19. The van der Waals surface area contributed by atoms with Gasteiger partial charge in [-0.25, -0.2) is 4.39 Å². The average Bonchev–Trinajstić information content (AvgIpc) is 2.64. The van der Waals surface area contributed by atoms with E-state index in [1.54, 1.807) is 12.1 Å². The number of hydrogen-bond acceptors (Lipinski definition) is 1. The first-order valence-corrected chi connectivity index (χ1v) is 7.66. The lowest BCUT2D eigenvalue weighted by atomic mass is 9.81. The van der Waals surface area contributed by atoms with Crippen LogP contribution in [0.1, 0.15) is 45.1 Å². The number of nitrogens with zero attached hydrogens (tertiary/aromatic N) is 1. The van der Waals surface area contributed by atoms with Crippen LogP contribution in [0.5, 0.6) is 0 Å². The fraction of sp³-hybridized carbons (Fsp3) is 0.647. The Hall–Kier alpha value is -0.890. The highest BCUT2D eigenvalue weighted by atomic mass is 19.1. The number of halogens is 1. The highest BCUT2D eigenvalue weighted by Crippen LogP contribution is 2.42. The molecule has 3 rings (SSSR count). The highest BCUT2D eigenvalue weighted by Gasteiger charge is 2.42. The Morgan fingerprint density at radius 1 is 1.16 bits per heavy atom. The van der Waals surface area contributed by atoms with Gasteiger partial charge in [-0.1, -0.05) is 32.0 Å². The minimum Gasteiger partial charge on any atom is -0.293 e. The molecule has 2 fully saturated rings. The van der Waals surface area contributed by atoms with Gasteiger partial charge in [-0.15, -0.1) is 0 Å². The summed E-state index contributed by atoms with van der Waals surface area (Å²) in [5.74, 6) is 1.49. The zero-order valence-corrected chi connectivity index (χ0v) is 12.0. The van der Waals surface area contributed by atoms with Gasteiger partial charge in [0.2, 0.25) is 0 Å². The predicted molar refractivity (Wildman–Crippen MR) is 76.3 cm³/mol. The summed E-state index contributed by atoms with van der Waals surface area (Å²) in [6, 6.07) is 8.62. The molecule has 2 aliphatic heterocycles. The van der Waals surface area contributed by atoms with Gasteiger partial charge in [0.25, 0.3) is 0 Å². The van der Waals surface area contributed by atoms with Gasteiger partial charge in [0.15, 0.2) is 0 Å². The predicted octanol–water partition coefficient (Wildman–Crippen LogP) is 4.22. The van der Waals surface area contributed by atoms with Crippen LogP contribution in [0.15, 0.2) is 24.3 Å². The molecule has 0 aromatic heterocycles. The first-order chi connectivity index (χ1) is 9.16. The maximum atomic E-state index is 13.8. The molecule has 0 radical (unpaired) electrons. The Labute approximate surface area is 115 Å². The Morgan fingerprint density at radius 2 is 1.89 bits per heavy atom. The first kappa shape index (κ1) is 13.1. The average molecular weight is 261 g/mol. The first-order valence-electron chi connectivity index (χ1n) is 7.66. The van der Waals surface area contributed by atoms with E-state index in [0.717, 1.165) is 23.9 Å². The highest BCUT2D eigenvalue weighted by molar-refractivity contribution is 5.18. The number of piperidine rings is 1. The fourth-order valence-electron chi connectivity index (χ4n) is 4.16. The molecule has 2 heterocycles. The van der Waals surface area contributed by atoms with Crippen molar-refractivity contribution in [3.05, 3.63) is 35.6 Å². The monoisotopic (exact) mass is 261 g/mol. The van der Waals surface area contributed by atoms with Crippen molar-refractivity contribution in [3.63, 3.8) is 0 Å². The largest absolute Gasteiger partial charge is 0.293 e. The van der Waals surface area contributed by atoms with E-state index >= 15 is 0 Å². The van der Waals surface area contributed by atoms with E-state index in [9.17, 15) is 4.39 Å².